The summed E-state index contributed by atoms with van der Waals surface area (Å²) in [6.45, 7) is 0.909. The number of hydrogen-bond acceptors (Lipinski definition) is 6. The molecular formula is C21H17BrFN7O3. The van der Waals surface area contributed by atoms with Crippen molar-refractivity contribution in [3.05, 3.63) is 69.1 Å². The average Bonchev–Trinajstić information content (AvgIpc) is 3.45. The number of aromatic nitrogens is 5. The molecule has 33 heavy (non-hydrogen) atoms. The summed E-state index contributed by atoms with van der Waals surface area (Å²) in [5.41, 5.74) is 4.00. The zero-order valence-electron chi connectivity index (χ0n) is 17.1. The molecule has 0 fully saturated rings. The number of rotatable bonds is 4. The van der Waals surface area contributed by atoms with E-state index in [0.717, 1.165) is 11.1 Å². The van der Waals surface area contributed by atoms with Gasteiger partial charge in [-0.25, -0.2) is 14.3 Å². The zero-order valence-corrected chi connectivity index (χ0v) is 18.6. The summed E-state index contributed by atoms with van der Waals surface area (Å²) in [4.78, 5) is 26.8. The lowest BCUT2D eigenvalue weighted by molar-refractivity contribution is 0.0732. The minimum atomic E-state index is -0.665. The molecule has 2 aromatic carbocycles. The van der Waals surface area contributed by atoms with E-state index in [-0.39, 0.29) is 30.7 Å². The lowest BCUT2D eigenvalue weighted by atomic mass is 10.1. The molecule has 4 aromatic rings. The molecule has 168 valence electrons. The van der Waals surface area contributed by atoms with Gasteiger partial charge >= 0.3 is 6.09 Å². The number of H-pyrrole nitrogens is 2. The lowest BCUT2D eigenvalue weighted by Crippen LogP contribution is -2.36. The predicted molar refractivity (Wildman–Crippen MR) is 118 cm³/mol. The zero-order chi connectivity index (χ0) is 22.9. The summed E-state index contributed by atoms with van der Waals surface area (Å²) in [5.74, 6) is -0.269. The second-order valence-electron chi connectivity index (χ2n) is 7.49. The van der Waals surface area contributed by atoms with Gasteiger partial charge in [0.25, 0.3) is 5.91 Å². The maximum atomic E-state index is 13.3. The van der Waals surface area contributed by atoms with Gasteiger partial charge in [0.15, 0.2) is 0 Å². The lowest BCUT2D eigenvalue weighted by Gasteiger charge is -2.26. The number of benzene rings is 2. The van der Waals surface area contributed by atoms with E-state index in [1.807, 2.05) is 0 Å². The van der Waals surface area contributed by atoms with Gasteiger partial charge in [-0.1, -0.05) is 11.3 Å². The molecule has 3 N–H and O–H groups in total. The van der Waals surface area contributed by atoms with E-state index in [4.69, 9.17) is 4.74 Å². The monoisotopic (exact) mass is 513 g/mol. The fraction of sp³-hybridized carbons (Fsp3) is 0.190. The third kappa shape index (κ3) is 4.29. The maximum Gasteiger partial charge on any atom is 0.414 e. The van der Waals surface area contributed by atoms with Crippen LogP contribution in [-0.2, 0) is 19.5 Å². The van der Waals surface area contributed by atoms with Gasteiger partial charge in [-0.15, -0.1) is 5.10 Å². The molecule has 0 saturated carbocycles. The fourth-order valence-electron chi connectivity index (χ4n) is 3.65. The second-order valence-corrected chi connectivity index (χ2v) is 8.34. The highest BCUT2D eigenvalue weighted by Crippen LogP contribution is 2.27. The number of fused-ring (bicyclic) bond motifs is 2. The van der Waals surface area contributed by atoms with Crippen molar-refractivity contribution in [3.63, 3.8) is 0 Å². The van der Waals surface area contributed by atoms with Gasteiger partial charge in [-0.05, 0) is 58.2 Å². The van der Waals surface area contributed by atoms with E-state index < -0.39 is 6.09 Å². The first-order valence-electron chi connectivity index (χ1n) is 10.0. The van der Waals surface area contributed by atoms with E-state index in [9.17, 15) is 14.0 Å². The summed E-state index contributed by atoms with van der Waals surface area (Å²) in [5, 5.41) is 20.0. The normalized spacial score (nSPS) is 13.1. The van der Waals surface area contributed by atoms with Crippen molar-refractivity contribution in [1.82, 2.24) is 35.8 Å². The molecule has 5 rings (SSSR count). The van der Waals surface area contributed by atoms with E-state index >= 15 is 0 Å². The Bertz CT molecular complexity index is 1370. The van der Waals surface area contributed by atoms with Crippen LogP contribution in [0.4, 0.5) is 9.18 Å². The topological polar surface area (TPSA) is 129 Å². The number of halogens is 2. The minimum absolute atomic E-state index is 0.140. The van der Waals surface area contributed by atoms with Crippen molar-refractivity contribution in [2.75, 3.05) is 6.54 Å². The van der Waals surface area contributed by atoms with Crippen molar-refractivity contribution in [2.45, 2.75) is 19.5 Å². The number of aromatic amines is 2. The van der Waals surface area contributed by atoms with Crippen LogP contribution < -0.4 is 10.1 Å². The van der Waals surface area contributed by atoms with Gasteiger partial charge in [0.05, 0.1) is 22.2 Å². The minimum Gasteiger partial charge on any atom is -0.391 e. The molecule has 0 saturated heterocycles. The largest absolute Gasteiger partial charge is 0.414 e. The van der Waals surface area contributed by atoms with Crippen LogP contribution in [0.2, 0.25) is 0 Å². The molecular weight excluding hydrogens is 497 g/mol. The Morgan fingerprint density at radius 2 is 2.09 bits per heavy atom. The highest BCUT2D eigenvalue weighted by molar-refractivity contribution is 9.10. The highest BCUT2D eigenvalue weighted by atomic mass is 79.9. The van der Waals surface area contributed by atoms with Crippen LogP contribution >= 0.6 is 15.9 Å². The number of nitrogens with zero attached hydrogens (tertiary/aromatic N) is 4. The van der Waals surface area contributed by atoms with Crippen molar-refractivity contribution in [2.24, 2.45) is 0 Å². The first kappa shape index (κ1) is 21.1. The van der Waals surface area contributed by atoms with Crippen molar-refractivity contribution in [3.8, 4) is 5.88 Å². The van der Waals surface area contributed by atoms with Crippen LogP contribution in [0.25, 0.3) is 11.0 Å². The van der Waals surface area contributed by atoms with Crippen LogP contribution in [0, 0.1) is 5.82 Å². The molecule has 10 nitrogen and oxygen atoms in total. The summed E-state index contributed by atoms with van der Waals surface area (Å²) < 4.78 is 19.0. The quantitative estimate of drug-likeness (QED) is 0.384. The molecule has 0 unspecified atom stereocenters. The molecule has 0 aliphatic carbocycles. The van der Waals surface area contributed by atoms with Gasteiger partial charge < -0.3 is 15.0 Å². The summed E-state index contributed by atoms with van der Waals surface area (Å²) >= 11 is 3.11. The van der Waals surface area contributed by atoms with E-state index in [2.05, 4.69) is 46.9 Å². The average molecular weight is 514 g/mol. The molecule has 12 heteroatoms. The third-order valence-corrected chi connectivity index (χ3v) is 5.97. The summed E-state index contributed by atoms with van der Waals surface area (Å²) in [7, 11) is 0. The molecule has 0 bridgehead atoms. The smallest absolute Gasteiger partial charge is 0.391 e. The van der Waals surface area contributed by atoms with Gasteiger partial charge in [-0.2, -0.15) is 5.10 Å². The Morgan fingerprint density at radius 1 is 1.21 bits per heavy atom. The molecule has 2 aromatic heterocycles. The molecule has 2 amide bonds. The van der Waals surface area contributed by atoms with E-state index in [1.165, 1.54) is 6.07 Å². The number of hydrogen-bond donors (Lipinski definition) is 3. The first-order valence-corrected chi connectivity index (χ1v) is 10.8. The first-order chi connectivity index (χ1) is 16.0. The SMILES string of the molecule is O=C(NCc1ccc(F)c(Br)c1)Oc1[nH]nc2c1CCN(C(=O)c1ccc3[nH]nnc3c1)C2. The van der Waals surface area contributed by atoms with E-state index in [0.29, 0.717) is 39.8 Å². The predicted octanol–water partition coefficient (Wildman–Crippen LogP) is 3.07. The van der Waals surface area contributed by atoms with Crippen LogP contribution in [0.5, 0.6) is 5.88 Å². The Balaban J connectivity index is 1.21. The number of carbonyl (C=O) groups excluding carboxylic acids is 2. The second kappa shape index (κ2) is 8.62. The molecule has 3 heterocycles. The van der Waals surface area contributed by atoms with Crippen LogP contribution in [0.15, 0.2) is 40.9 Å². The van der Waals surface area contributed by atoms with Crippen LogP contribution in [-0.4, -0.2) is 49.1 Å². The van der Waals surface area contributed by atoms with Crippen molar-refractivity contribution >= 4 is 39.0 Å². The van der Waals surface area contributed by atoms with E-state index in [1.54, 1.807) is 35.2 Å². The Labute approximate surface area is 194 Å². The van der Waals surface area contributed by atoms with Crippen molar-refractivity contribution < 1.29 is 18.7 Å². The van der Waals surface area contributed by atoms with Crippen molar-refractivity contribution in [1.29, 1.82) is 0 Å². The van der Waals surface area contributed by atoms with Crippen LogP contribution in [0.3, 0.4) is 0 Å². The fourth-order valence-corrected chi connectivity index (χ4v) is 4.07. The Hall–Kier alpha value is -3.80. The maximum absolute atomic E-state index is 13.3. The third-order valence-electron chi connectivity index (χ3n) is 5.36. The number of amides is 2. The number of carbonyl (C=O) groups is 2. The van der Waals surface area contributed by atoms with Gasteiger partial charge in [0.2, 0.25) is 5.88 Å². The van der Waals surface area contributed by atoms with Gasteiger partial charge in [0, 0.05) is 24.2 Å². The van der Waals surface area contributed by atoms with Crippen LogP contribution in [0.1, 0.15) is 27.2 Å². The molecule has 1 aliphatic heterocycles. The standard InChI is InChI=1S/C21H17BrFN7O3/c22-14-7-11(1-3-15(14)23)9-24-21(32)33-19-13-5-6-30(10-18(13)25-28-19)20(31)12-2-4-16-17(8-12)27-29-26-16/h1-4,7-8H,5-6,9-10H2,(H,24,32)(H,25,28)(H,26,27,29). The molecule has 0 atom stereocenters. The molecule has 1 aliphatic rings. The molecule has 0 spiro atoms. The summed E-state index contributed by atoms with van der Waals surface area (Å²) in [6.07, 6.45) is -0.182. The Morgan fingerprint density at radius 3 is 2.94 bits per heavy atom. The highest BCUT2D eigenvalue weighted by Gasteiger charge is 2.27. The Kier molecular flexibility index (Phi) is 5.50. The molecule has 0 radical (unpaired) electrons. The van der Waals surface area contributed by atoms with Gasteiger partial charge in [0.1, 0.15) is 11.3 Å². The van der Waals surface area contributed by atoms with Gasteiger partial charge in [-0.3, -0.25) is 9.89 Å². The number of ether oxygens (including phenoxy) is 1. The summed E-state index contributed by atoms with van der Waals surface area (Å²) in [6, 6.07) is 9.66. The number of nitrogens with one attached hydrogen (secondary N) is 3.